The second kappa shape index (κ2) is 8.20. The number of pyridine rings is 1. The molecule has 2 aliphatic rings. The van der Waals surface area contributed by atoms with Crippen LogP contribution in [0.25, 0.3) is 11.3 Å². The monoisotopic (exact) mass is 466 g/mol. The van der Waals surface area contributed by atoms with Gasteiger partial charge in [0.05, 0.1) is 27.9 Å². The van der Waals surface area contributed by atoms with Gasteiger partial charge < -0.3 is 15.6 Å². The molecular formula is C25H21ClF2N4O. The van der Waals surface area contributed by atoms with Crippen molar-refractivity contribution in [2.75, 3.05) is 11.9 Å². The molecule has 1 aliphatic carbocycles. The van der Waals surface area contributed by atoms with Gasteiger partial charge in [0.25, 0.3) is 12.3 Å². The second-order valence-electron chi connectivity index (χ2n) is 8.40. The van der Waals surface area contributed by atoms with Crippen molar-refractivity contribution in [1.29, 1.82) is 0 Å². The predicted octanol–water partition coefficient (Wildman–Crippen LogP) is 5.46. The minimum absolute atomic E-state index is 0.183. The van der Waals surface area contributed by atoms with Gasteiger partial charge in [0.2, 0.25) is 0 Å². The third-order valence-electron chi connectivity index (χ3n) is 6.24. The summed E-state index contributed by atoms with van der Waals surface area (Å²) in [6.07, 6.45) is 2.14. The van der Waals surface area contributed by atoms with Gasteiger partial charge in [-0.1, -0.05) is 29.5 Å². The van der Waals surface area contributed by atoms with Gasteiger partial charge >= 0.3 is 0 Å². The molecule has 0 unspecified atom stereocenters. The summed E-state index contributed by atoms with van der Waals surface area (Å²) in [6.45, 7) is 2.42. The van der Waals surface area contributed by atoms with Crippen molar-refractivity contribution in [3.8, 4) is 23.1 Å². The van der Waals surface area contributed by atoms with E-state index in [-0.39, 0.29) is 5.91 Å². The number of amides is 1. The van der Waals surface area contributed by atoms with E-state index >= 15 is 0 Å². The lowest BCUT2D eigenvalue weighted by atomic mass is 10.0. The third kappa shape index (κ3) is 3.85. The second-order valence-corrected chi connectivity index (χ2v) is 8.81. The van der Waals surface area contributed by atoms with Crippen molar-refractivity contribution in [3.05, 3.63) is 64.1 Å². The highest BCUT2D eigenvalue weighted by Crippen LogP contribution is 2.50. The van der Waals surface area contributed by atoms with Crippen molar-refractivity contribution in [2.24, 2.45) is 5.41 Å². The largest absolute Gasteiger partial charge is 0.356 e. The van der Waals surface area contributed by atoms with Crippen LogP contribution in [0.2, 0.25) is 5.02 Å². The number of carbonyl (C=O) groups excluding carboxylic acids is 1. The number of H-pyrrole nitrogens is 1. The number of nitrogens with one attached hydrogen (secondary N) is 3. The molecule has 1 saturated carbocycles. The fourth-order valence-electron chi connectivity index (χ4n) is 4.02. The van der Waals surface area contributed by atoms with Crippen LogP contribution in [0.5, 0.6) is 0 Å². The van der Waals surface area contributed by atoms with E-state index in [9.17, 15) is 13.6 Å². The van der Waals surface area contributed by atoms with E-state index in [1.807, 2.05) is 19.1 Å². The molecule has 3 aromatic rings. The van der Waals surface area contributed by atoms with Gasteiger partial charge in [0, 0.05) is 47.3 Å². The Morgan fingerprint density at radius 2 is 2.09 bits per heavy atom. The Labute approximate surface area is 195 Å². The molecule has 0 saturated heterocycles. The number of nitrogens with zero attached hydrogens (tertiary/aromatic N) is 1. The molecule has 2 aromatic heterocycles. The topological polar surface area (TPSA) is 69.8 Å². The number of benzene rings is 1. The Hall–Kier alpha value is -3.37. The van der Waals surface area contributed by atoms with E-state index in [2.05, 4.69) is 32.4 Å². The van der Waals surface area contributed by atoms with Gasteiger partial charge in [0.1, 0.15) is 0 Å². The molecule has 1 aliphatic heterocycles. The average molecular weight is 467 g/mol. The minimum atomic E-state index is -2.48. The molecule has 0 bridgehead atoms. The van der Waals surface area contributed by atoms with Crippen molar-refractivity contribution in [1.82, 2.24) is 15.3 Å². The number of rotatable bonds is 4. The maximum absolute atomic E-state index is 13.4. The molecule has 5 nitrogen and oxygen atoms in total. The van der Waals surface area contributed by atoms with Gasteiger partial charge in [0.15, 0.2) is 0 Å². The molecule has 0 spiro atoms. The number of aromatic nitrogens is 2. The lowest BCUT2D eigenvalue weighted by Gasteiger charge is -2.16. The van der Waals surface area contributed by atoms with Crippen LogP contribution in [0.1, 0.15) is 40.0 Å². The van der Waals surface area contributed by atoms with Gasteiger partial charge in [-0.15, -0.1) is 0 Å². The summed E-state index contributed by atoms with van der Waals surface area (Å²) >= 11 is 6.31. The van der Waals surface area contributed by atoms with Crippen LogP contribution < -0.4 is 10.6 Å². The molecule has 1 aromatic carbocycles. The maximum Gasteiger partial charge on any atom is 0.255 e. The molecule has 168 valence electrons. The molecule has 1 fully saturated rings. The normalized spacial score (nSPS) is 16.0. The number of anilines is 2. The van der Waals surface area contributed by atoms with E-state index in [0.29, 0.717) is 58.9 Å². The standard InChI is InChI=1S/C25H21ClF2N4O/c1-14-17(26)3-2-4-18(14)31-22-20-19(7-12-30-23(20)33)32-21(22)16-6-11-29-13-15(16)5-8-25(9-10-25)24(27)28/h2-4,6,11,13,24,31-32H,7,9-10,12H2,1H3,(H,30,33). The summed E-state index contributed by atoms with van der Waals surface area (Å²) in [6, 6.07) is 7.30. The smallest absolute Gasteiger partial charge is 0.255 e. The molecule has 3 N–H and O–H groups in total. The van der Waals surface area contributed by atoms with Crippen LogP contribution in [0, 0.1) is 24.2 Å². The Morgan fingerprint density at radius 1 is 1.27 bits per heavy atom. The van der Waals surface area contributed by atoms with Crippen LogP contribution in [-0.2, 0) is 6.42 Å². The lowest BCUT2D eigenvalue weighted by molar-refractivity contribution is 0.0920. The lowest BCUT2D eigenvalue weighted by Crippen LogP contribution is -2.31. The predicted molar refractivity (Wildman–Crippen MR) is 124 cm³/mol. The maximum atomic E-state index is 13.4. The van der Waals surface area contributed by atoms with Gasteiger partial charge in [-0.2, -0.15) is 0 Å². The Bertz CT molecular complexity index is 1320. The van der Waals surface area contributed by atoms with Gasteiger partial charge in [-0.3, -0.25) is 9.78 Å². The quantitative estimate of drug-likeness (QED) is 0.447. The first-order valence-corrected chi connectivity index (χ1v) is 11.1. The number of halogens is 3. The molecule has 1 amide bonds. The van der Waals surface area contributed by atoms with Gasteiger partial charge in [-0.25, -0.2) is 8.78 Å². The molecule has 8 heteroatoms. The van der Waals surface area contributed by atoms with E-state index in [4.69, 9.17) is 11.6 Å². The van der Waals surface area contributed by atoms with E-state index in [1.165, 1.54) is 0 Å². The van der Waals surface area contributed by atoms with Crippen molar-refractivity contribution in [2.45, 2.75) is 32.6 Å². The first-order valence-electron chi connectivity index (χ1n) is 10.7. The van der Waals surface area contributed by atoms with Crippen molar-refractivity contribution in [3.63, 3.8) is 0 Å². The van der Waals surface area contributed by atoms with E-state index < -0.39 is 11.8 Å². The molecule has 3 heterocycles. The van der Waals surface area contributed by atoms with Crippen LogP contribution in [0.3, 0.4) is 0 Å². The first kappa shape index (κ1) is 21.5. The van der Waals surface area contributed by atoms with Crippen LogP contribution >= 0.6 is 11.6 Å². The number of carbonyl (C=O) groups is 1. The number of hydrogen-bond acceptors (Lipinski definition) is 3. The zero-order valence-corrected chi connectivity index (χ0v) is 18.6. The summed E-state index contributed by atoms with van der Waals surface area (Å²) in [5.41, 5.74) is 4.18. The molecule has 5 rings (SSSR count). The van der Waals surface area contributed by atoms with E-state index in [1.54, 1.807) is 24.5 Å². The SMILES string of the molecule is Cc1c(Cl)cccc1Nc1c(-c2ccncc2C#CC2(C(F)F)CC2)[nH]c2c1C(=O)NCC2. The number of hydrogen-bond donors (Lipinski definition) is 3. The number of alkyl halides is 2. The third-order valence-corrected chi connectivity index (χ3v) is 6.65. The number of aromatic amines is 1. The fourth-order valence-corrected chi connectivity index (χ4v) is 4.19. The Balaban J connectivity index is 1.65. The minimum Gasteiger partial charge on any atom is -0.356 e. The zero-order valence-electron chi connectivity index (χ0n) is 17.9. The Morgan fingerprint density at radius 3 is 2.85 bits per heavy atom. The summed E-state index contributed by atoms with van der Waals surface area (Å²) < 4.78 is 26.8. The molecular weight excluding hydrogens is 446 g/mol. The Kier molecular flexibility index (Phi) is 5.34. The van der Waals surface area contributed by atoms with Crippen LogP contribution in [0.15, 0.2) is 36.7 Å². The summed E-state index contributed by atoms with van der Waals surface area (Å²) in [5.74, 6) is 5.54. The van der Waals surface area contributed by atoms with Crippen LogP contribution in [0.4, 0.5) is 20.2 Å². The highest BCUT2D eigenvalue weighted by Gasteiger charge is 2.50. The summed E-state index contributed by atoms with van der Waals surface area (Å²) in [5, 5.41) is 6.87. The molecule has 0 radical (unpaired) electrons. The molecule has 33 heavy (non-hydrogen) atoms. The van der Waals surface area contributed by atoms with Crippen molar-refractivity contribution >= 4 is 28.9 Å². The average Bonchev–Trinajstić information content (AvgIpc) is 3.52. The fraction of sp³-hybridized carbons (Fsp3) is 0.280. The summed E-state index contributed by atoms with van der Waals surface area (Å²) in [4.78, 5) is 20.3. The summed E-state index contributed by atoms with van der Waals surface area (Å²) in [7, 11) is 0. The zero-order chi connectivity index (χ0) is 23.2. The van der Waals surface area contributed by atoms with Gasteiger partial charge in [-0.05, 0) is 43.5 Å². The van der Waals surface area contributed by atoms with Crippen LogP contribution in [-0.4, -0.2) is 28.8 Å². The highest BCUT2D eigenvalue weighted by molar-refractivity contribution is 6.31. The number of fused-ring (bicyclic) bond motifs is 1. The van der Waals surface area contributed by atoms with E-state index in [0.717, 1.165) is 16.9 Å². The highest BCUT2D eigenvalue weighted by atomic mass is 35.5. The molecule has 0 atom stereocenters. The van der Waals surface area contributed by atoms with Crippen molar-refractivity contribution < 1.29 is 13.6 Å². The first-order chi connectivity index (χ1) is 15.9.